The van der Waals surface area contributed by atoms with E-state index in [-0.39, 0.29) is 47.5 Å². The molecule has 4 heterocycles. The van der Waals surface area contributed by atoms with Crippen molar-refractivity contribution in [1.82, 2.24) is 19.5 Å². The number of halogens is 3. The maximum absolute atomic E-state index is 14.9. The van der Waals surface area contributed by atoms with Crippen LogP contribution < -0.4 is 14.4 Å². The zero-order valence-electron chi connectivity index (χ0n) is 23.6. The lowest BCUT2D eigenvalue weighted by Crippen LogP contribution is -2.38. The summed E-state index contributed by atoms with van der Waals surface area (Å²) in [6.07, 6.45) is 2.36. The lowest BCUT2D eigenvalue weighted by Gasteiger charge is -2.30. The van der Waals surface area contributed by atoms with E-state index in [1.165, 1.54) is 24.3 Å². The molecule has 1 fully saturated rings. The third kappa shape index (κ3) is 6.60. The van der Waals surface area contributed by atoms with E-state index in [0.29, 0.717) is 49.0 Å². The van der Waals surface area contributed by atoms with E-state index in [4.69, 9.17) is 14.7 Å². The number of hydrogen-bond acceptors (Lipinski definition) is 10. The quantitative estimate of drug-likeness (QED) is 0.257. The Labute approximate surface area is 254 Å². The van der Waals surface area contributed by atoms with E-state index >= 15 is 0 Å². The zero-order chi connectivity index (χ0) is 31.5. The highest BCUT2D eigenvalue weighted by Crippen LogP contribution is 2.27. The number of nitrogens with zero attached hydrogens (tertiary/aromatic N) is 7. The number of aromatic nitrogens is 3. The average molecular weight is 622 g/mol. The number of rotatable bonds is 11. The molecule has 45 heavy (non-hydrogen) atoms. The van der Waals surface area contributed by atoms with Crippen molar-refractivity contribution in [1.29, 1.82) is 5.26 Å². The molecule has 0 bridgehead atoms. The number of nitriles is 1. The van der Waals surface area contributed by atoms with Crippen molar-refractivity contribution in [2.24, 2.45) is 5.10 Å². The van der Waals surface area contributed by atoms with Gasteiger partial charge in [-0.3, -0.25) is 5.01 Å². The van der Waals surface area contributed by atoms with E-state index in [9.17, 15) is 23.1 Å². The first kappa shape index (κ1) is 29.7. The molecule has 2 aromatic carbocycles. The third-order valence-electron chi connectivity index (χ3n) is 7.38. The van der Waals surface area contributed by atoms with Crippen molar-refractivity contribution in [3.05, 3.63) is 76.9 Å². The summed E-state index contributed by atoms with van der Waals surface area (Å²) in [4.78, 5) is 22.4. The largest absolute Gasteiger partial charge is 0.478 e. The summed E-state index contributed by atoms with van der Waals surface area (Å²) < 4.78 is 58.3. The van der Waals surface area contributed by atoms with Gasteiger partial charge in [-0.05, 0) is 36.8 Å². The minimum absolute atomic E-state index is 0.0704. The van der Waals surface area contributed by atoms with Gasteiger partial charge in [-0.1, -0.05) is 12.1 Å². The van der Waals surface area contributed by atoms with Crippen LogP contribution in [0.5, 0.6) is 11.6 Å². The van der Waals surface area contributed by atoms with Gasteiger partial charge in [-0.2, -0.15) is 24.1 Å². The fourth-order valence-electron chi connectivity index (χ4n) is 4.99. The number of aromatic carboxylic acids is 1. The second-order valence-electron chi connectivity index (χ2n) is 10.3. The van der Waals surface area contributed by atoms with Crippen molar-refractivity contribution >= 4 is 29.2 Å². The van der Waals surface area contributed by atoms with E-state index < -0.39 is 18.4 Å². The normalized spacial score (nSPS) is 16.1. The molecule has 1 saturated heterocycles. The van der Waals surface area contributed by atoms with Gasteiger partial charge in [-0.15, -0.1) is 0 Å². The second-order valence-corrected chi connectivity index (χ2v) is 10.3. The Morgan fingerprint density at radius 1 is 1.18 bits per heavy atom. The smallest absolute Gasteiger partial charge is 0.387 e. The van der Waals surface area contributed by atoms with Crippen molar-refractivity contribution in [2.45, 2.75) is 38.8 Å². The topological polar surface area (TPSA) is 138 Å². The van der Waals surface area contributed by atoms with Gasteiger partial charge in [0.15, 0.2) is 5.82 Å². The molecule has 2 aliphatic heterocycles. The maximum Gasteiger partial charge on any atom is 0.387 e. The number of benzene rings is 2. The zero-order valence-corrected chi connectivity index (χ0v) is 23.6. The molecule has 0 saturated carbocycles. The van der Waals surface area contributed by atoms with Crippen LogP contribution in [0.2, 0.25) is 0 Å². The van der Waals surface area contributed by atoms with Crippen LogP contribution in [-0.2, 0) is 24.4 Å². The third-order valence-corrected chi connectivity index (χ3v) is 7.38. The van der Waals surface area contributed by atoms with Crippen LogP contribution in [0.4, 0.5) is 19.0 Å². The second kappa shape index (κ2) is 12.7. The van der Waals surface area contributed by atoms with Gasteiger partial charge in [-0.25, -0.2) is 14.2 Å². The Morgan fingerprint density at radius 2 is 2.02 bits per heavy atom. The average Bonchev–Trinajstić information content (AvgIpc) is 3.35. The number of hydrazone groups is 1. The highest BCUT2D eigenvalue weighted by atomic mass is 19.3. The lowest BCUT2D eigenvalue weighted by molar-refractivity contribution is -0.0592. The summed E-state index contributed by atoms with van der Waals surface area (Å²) in [5, 5.41) is 24.8. The molecule has 0 spiro atoms. The molecule has 0 radical (unpaired) electrons. The minimum atomic E-state index is -3.06. The molecule has 2 aromatic heterocycles. The van der Waals surface area contributed by atoms with Crippen LogP contribution in [0.15, 0.2) is 53.6 Å². The van der Waals surface area contributed by atoms with Crippen molar-refractivity contribution in [3.63, 3.8) is 0 Å². The van der Waals surface area contributed by atoms with E-state index in [1.54, 1.807) is 39.0 Å². The molecular formula is C30H26F3N7O5. The molecule has 0 unspecified atom stereocenters. The predicted molar refractivity (Wildman–Crippen MR) is 154 cm³/mol. The summed E-state index contributed by atoms with van der Waals surface area (Å²) in [7, 11) is 0. The van der Waals surface area contributed by atoms with Crippen LogP contribution in [0.1, 0.15) is 33.7 Å². The van der Waals surface area contributed by atoms with Gasteiger partial charge in [0, 0.05) is 24.8 Å². The molecule has 15 heteroatoms. The van der Waals surface area contributed by atoms with Crippen LogP contribution in [0.3, 0.4) is 0 Å². The fourth-order valence-corrected chi connectivity index (χ4v) is 4.99. The molecule has 0 amide bonds. The SMILES string of the molecule is N#Cc1ccc(COc2cccc(N3C=NN(Cc4nc5c(F)cc(C(=O)O)cc5n4C[C@@H]4CCO4)CC3)n2)c(OC(F)F)c1. The van der Waals surface area contributed by atoms with Gasteiger partial charge in [0.05, 0.1) is 48.5 Å². The van der Waals surface area contributed by atoms with Gasteiger partial charge < -0.3 is 28.8 Å². The highest BCUT2D eigenvalue weighted by Gasteiger charge is 2.25. The molecular weight excluding hydrogens is 595 g/mol. The number of hydrogen-bond donors (Lipinski definition) is 1. The van der Waals surface area contributed by atoms with Gasteiger partial charge in [0.1, 0.15) is 35.9 Å². The molecule has 12 nitrogen and oxygen atoms in total. The summed E-state index contributed by atoms with van der Waals surface area (Å²) in [5.74, 6) is -0.782. The molecule has 2 aliphatic rings. The van der Waals surface area contributed by atoms with E-state index in [1.807, 2.05) is 6.07 Å². The monoisotopic (exact) mass is 621 g/mol. The van der Waals surface area contributed by atoms with Crippen molar-refractivity contribution in [2.75, 3.05) is 24.6 Å². The number of carboxylic acid groups (broad SMARTS) is 1. The Kier molecular flexibility index (Phi) is 8.39. The minimum Gasteiger partial charge on any atom is -0.478 e. The number of imidazole rings is 1. The number of ether oxygens (including phenoxy) is 3. The lowest BCUT2D eigenvalue weighted by atomic mass is 10.1. The maximum atomic E-state index is 14.9. The number of fused-ring (bicyclic) bond motifs is 1. The molecule has 1 atom stereocenters. The van der Waals surface area contributed by atoms with Crippen molar-refractivity contribution < 1.29 is 37.3 Å². The molecule has 0 aliphatic carbocycles. The number of pyridine rings is 1. The number of carboxylic acids is 1. The Balaban J connectivity index is 1.15. The Bertz CT molecular complexity index is 1800. The summed E-state index contributed by atoms with van der Waals surface area (Å²) in [6, 6.07) is 13.6. The highest BCUT2D eigenvalue weighted by molar-refractivity contribution is 5.92. The fraction of sp³-hybridized carbons (Fsp3) is 0.300. The number of carbonyl (C=O) groups is 1. The molecule has 4 aromatic rings. The Morgan fingerprint density at radius 3 is 2.71 bits per heavy atom. The van der Waals surface area contributed by atoms with Crippen LogP contribution in [0.25, 0.3) is 11.0 Å². The summed E-state index contributed by atoms with van der Waals surface area (Å²) >= 11 is 0. The first-order valence-electron chi connectivity index (χ1n) is 13.9. The predicted octanol–water partition coefficient (Wildman–Crippen LogP) is 4.38. The van der Waals surface area contributed by atoms with Gasteiger partial charge in [0.2, 0.25) is 5.88 Å². The number of alkyl halides is 2. The number of anilines is 1. The molecule has 6 rings (SSSR count). The molecule has 232 valence electrons. The van der Waals surface area contributed by atoms with Crippen LogP contribution in [0, 0.1) is 17.1 Å². The first-order valence-corrected chi connectivity index (χ1v) is 13.9. The summed E-state index contributed by atoms with van der Waals surface area (Å²) in [5.41, 5.74) is 0.816. The first-order chi connectivity index (χ1) is 21.8. The Hall–Kier alpha value is -5.36. The van der Waals surface area contributed by atoms with E-state index in [0.717, 1.165) is 12.5 Å². The standard InChI is InChI=1S/C30H26F3N7O5/c31-22-11-20(29(41)42)12-23-28(22)37-26(40(23)14-21-6-9-43-21)15-39-8-7-38(17-35-39)25-2-1-3-27(36-25)44-16-19-5-4-18(13-34)10-24(19)45-30(32)33/h1-5,10-12,17,21,30H,6-9,14-16H2,(H,41,42)/t21-/m0/s1. The van der Waals surface area contributed by atoms with Crippen molar-refractivity contribution in [3.8, 4) is 17.7 Å². The molecule has 1 N–H and O–H groups in total. The van der Waals surface area contributed by atoms with Crippen LogP contribution in [-0.4, -0.2) is 69.4 Å². The van der Waals surface area contributed by atoms with Gasteiger partial charge in [0.25, 0.3) is 0 Å². The van der Waals surface area contributed by atoms with E-state index in [2.05, 4.69) is 19.8 Å². The summed E-state index contributed by atoms with van der Waals surface area (Å²) in [6.45, 7) is -0.922. The van der Waals surface area contributed by atoms with Gasteiger partial charge >= 0.3 is 12.6 Å². The van der Waals surface area contributed by atoms with Crippen LogP contribution >= 0.6 is 0 Å².